The number of nitrogens with zero attached hydrogens (tertiary/aromatic N) is 2. The van der Waals surface area contributed by atoms with Crippen LogP contribution in [0.4, 0.5) is 4.39 Å². The van der Waals surface area contributed by atoms with Gasteiger partial charge in [-0.2, -0.15) is 0 Å². The lowest BCUT2D eigenvalue weighted by Crippen LogP contribution is -2.13. The second-order valence-corrected chi connectivity index (χ2v) is 5.54. The maximum Gasteiger partial charge on any atom is 0.170 e. The van der Waals surface area contributed by atoms with E-state index >= 15 is 0 Å². The summed E-state index contributed by atoms with van der Waals surface area (Å²) >= 11 is 3.05. The lowest BCUT2D eigenvalue weighted by atomic mass is 10.1. The molecule has 2 rings (SSSR count). The quantitative estimate of drug-likeness (QED) is 0.297. The van der Waals surface area contributed by atoms with Crippen molar-refractivity contribution in [3.8, 4) is 0 Å². The molecule has 1 aromatic heterocycles. The van der Waals surface area contributed by atoms with Crippen molar-refractivity contribution < 1.29 is 9.60 Å². The second-order valence-electron chi connectivity index (χ2n) is 3.42. The largest absolute Gasteiger partial charge is 0.409 e. The van der Waals surface area contributed by atoms with Crippen LogP contribution in [-0.4, -0.2) is 16.0 Å². The molecule has 2 aromatic rings. The van der Waals surface area contributed by atoms with Gasteiger partial charge in [-0.1, -0.05) is 16.9 Å². The normalized spacial score (nSPS) is 11.7. The highest BCUT2D eigenvalue weighted by Crippen LogP contribution is 2.25. The number of thiazole rings is 1. The van der Waals surface area contributed by atoms with Crippen molar-refractivity contribution in [2.45, 2.75) is 10.1 Å². The van der Waals surface area contributed by atoms with Gasteiger partial charge in [0, 0.05) is 22.9 Å². The number of nitrogens with two attached hydrogens (primary N) is 1. The number of oxime groups is 1. The molecule has 0 amide bonds. The Morgan fingerprint density at radius 2 is 2.33 bits per heavy atom. The van der Waals surface area contributed by atoms with E-state index < -0.39 is 5.82 Å². The molecule has 94 valence electrons. The van der Waals surface area contributed by atoms with Crippen LogP contribution >= 0.6 is 23.1 Å². The summed E-state index contributed by atoms with van der Waals surface area (Å²) in [5, 5.41) is 13.3. The molecule has 0 radical (unpaired) electrons. The first kappa shape index (κ1) is 12.8. The molecule has 0 saturated carbocycles. The van der Waals surface area contributed by atoms with E-state index in [1.54, 1.807) is 12.3 Å². The van der Waals surface area contributed by atoms with Gasteiger partial charge in [0.25, 0.3) is 0 Å². The molecule has 3 N–H and O–H groups in total. The van der Waals surface area contributed by atoms with Gasteiger partial charge in [-0.3, -0.25) is 0 Å². The third-order valence-corrected chi connectivity index (χ3v) is 4.17. The van der Waals surface area contributed by atoms with Gasteiger partial charge < -0.3 is 10.9 Å². The zero-order valence-corrected chi connectivity index (χ0v) is 10.8. The summed E-state index contributed by atoms with van der Waals surface area (Å²) < 4.78 is 14.3. The van der Waals surface area contributed by atoms with Crippen LogP contribution in [0.1, 0.15) is 11.1 Å². The van der Waals surface area contributed by atoms with Gasteiger partial charge in [0.1, 0.15) is 10.2 Å². The summed E-state index contributed by atoms with van der Waals surface area (Å²) in [5.74, 6) is 0.0700. The van der Waals surface area contributed by atoms with Gasteiger partial charge in [-0.05, 0) is 23.8 Å². The van der Waals surface area contributed by atoms with Gasteiger partial charge in [0.15, 0.2) is 5.84 Å². The molecule has 0 atom stereocenters. The third-order valence-electron chi connectivity index (χ3n) is 2.13. The van der Waals surface area contributed by atoms with Crippen molar-refractivity contribution in [2.24, 2.45) is 10.9 Å². The van der Waals surface area contributed by atoms with Gasteiger partial charge in [-0.15, -0.1) is 11.3 Å². The number of hydrogen-bond acceptors (Lipinski definition) is 5. The summed E-state index contributed by atoms with van der Waals surface area (Å²) in [4.78, 5) is 4.13. The van der Waals surface area contributed by atoms with Crippen LogP contribution in [-0.2, 0) is 5.75 Å². The van der Waals surface area contributed by atoms with Crippen molar-refractivity contribution in [2.75, 3.05) is 0 Å². The Morgan fingerprint density at radius 3 is 3.00 bits per heavy atom. The molecular weight excluding hydrogens is 273 g/mol. The molecule has 0 aliphatic carbocycles. The average molecular weight is 283 g/mol. The van der Waals surface area contributed by atoms with Crippen LogP contribution in [0, 0.1) is 5.82 Å². The van der Waals surface area contributed by atoms with Crippen molar-refractivity contribution >= 4 is 28.9 Å². The summed E-state index contributed by atoms with van der Waals surface area (Å²) in [5.41, 5.74) is 6.57. The molecule has 1 heterocycles. The second kappa shape index (κ2) is 5.83. The zero-order valence-electron chi connectivity index (χ0n) is 9.21. The fourth-order valence-electron chi connectivity index (χ4n) is 1.37. The van der Waals surface area contributed by atoms with Gasteiger partial charge in [0.2, 0.25) is 0 Å². The summed E-state index contributed by atoms with van der Waals surface area (Å²) in [6, 6.07) is 4.35. The SMILES string of the molecule is N/C(=N/O)c1cc(F)cc(CSc2nccs2)c1. The van der Waals surface area contributed by atoms with E-state index in [1.807, 2.05) is 5.38 Å². The maximum atomic E-state index is 13.4. The molecular formula is C11H10FN3OS2. The molecule has 0 saturated heterocycles. The fraction of sp³-hybridized carbons (Fsp3) is 0.0909. The minimum Gasteiger partial charge on any atom is -0.409 e. The van der Waals surface area contributed by atoms with Crippen LogP contribution in [0.3, 0.4) is 0 Å². The highest BCUT2D eigenvalue weighted by molar-refractivity contribution is 8.00. The van der Waals surface area contributed by atoms with Crippen LogP contribution in [0.15, 0.2) is 39.3 Å². The molecule has 18 heavy (non-hydrogen) atoms. The summed E-state index contributed by atoms with van der Waals surface area (Å²) in [7, 11) is 0. The third kappa shape index (κ3) is 3.21. The topological polar surface area (TPSA) is 71.5 Å². The zero-order chi connectivity index (χ0) is 13.0. The van der Waals surface area contributed by atoms with E-state index in [0.29, 0.717) is 11.3 Å². The molecule has 0 aliphatic rings. The van der Waals surface area contributed by atoms with Gasteiger partial charge in [0.05, 0.1) is 0 Å². The number of aromatic nitrogens is 1. The Morgan fingerprint density at radius 1 is 1.50 bits per heavy atom. The Hall–Kier alpha value is -1.60. The lowest BCUT2D eigenvalue weighted by molar-refractivity contribution is 0.318. The smallest absolute Gasteiger partial charge is 0.170 e. The van der Waals surface area contributed by atoms with Crippen LogP contribution < -0.4 is 5.73 Å². The predicted molar refractivity (Wildman–Crippen MR) is 70.6 cm³/mol. The fourth-order valence-corrected chi connectivity index (χ4v) is 2.93. The number of rotatable bonds is 4. The minimum atomic E-state index is -0.408. The van der Waals surface area contributed by atoms with Crippen molar-refractivity contribution in [3.63, 3.8) is 0 Å². The number of benzene rings is 1. The molecule has 0 bridgehead atoms. The summed E-state index contributed by atoms with van der Waals surface area (Å²) in [6.07, 6.45) is 1.72. The minimum absolute atomic E-state index is 0.102. The molecule has 0 fully saturated rings. The first-order chi connectivity index (χ1) is 8.69. The Labute approximate surface area is 111 Å². The van der Waals surface area contributed by atoms with Crippen LogP contribution in [0.5, 0.6) is 0 Å². The molecule has 4 nitrogen and oxygen atoms in total. The first-order valence-corrected chi connectivity index (χ1v) is 6.85. The lowest BCUT2D eigenvalue weighted by Gasteiger charge is -2.04. The number of hydrogen-bond donors (Lipinski definition) is 2. The molecule has 7 heteroatoms. The number of amidine groups is 1. The van der Waals surface area contributed by atoms with E-state index in [2.05, 4.69) is 10.1 Å². The van der Waals surface area contributed by atoms with Gasteiger partial charge in [-0.25, -0.2) is 9.37 Å². The van der Waals surface area contributed by atoms with E-state index in [0.717, 1.165) is 9.90 Å². The van der Waals surface area contributed by atoms with Crippen molar-refractivity contribution in [1.82, 2.24) is 4.98 Å². The highest BCUT2D eigenvalue weighted by atomic mass is 32.2. The van der Waals surface area contributed by atoms with E-state index in [9.17, 15) is 4.39 Å². The standard InChI is InChI=1S/C11H10FN3OS2/c12-9-4-7(3-8(5-9)10(13)15-16)6-18-11-14-1-2-17-11/h1-5,16H,6H2,(H2,13,15). The average Bonchev–Trinajstić information content (AvgIpc) is 2.88. The molecule has 1 aromatic carbocycles. The monoisotopic (exact) mass is 283 g/mol. The van der Waals surface area contributed by atoms with Crippen molar-refractivity contribution in [3.05, 3.63) is 46.7 Å². The Kier molecular flexibility index (Phi) is 4.16. The highest BCUT2D eigenvalue weighted by Gasteiger charge is 2.06. The number of thioether (sulfide) groups is 1. The molecule has 0 unspecified atom stereocenters. The molecule has 0 spiro atoms. The maximum absolute atomic E-state index is 13.4. The van der Waals surface area contributed by atoms with Crippen LogP contribution in [0.25, 0.3) is 0 Å². The Balaban J connectivity index is 2.15. The van der Waals surface area contributed by atoms with E-state index in [1.165, 1.54) is 35.2 Å². The van der Waals surface area contributed by atoms with Crippen LogP contribution in [0.2, 0.25) is 0 Å². The number of halogens is 1. The summed E-state index contributed by atoms with van der Waals surface area (Å²) in [6.45, 7) is 0. The van der Waals surface area contributed by atoms with E-state index in [4.69, 9.17) is 10.9 Å². The molecule has 0 aliphatic heterocycles. The first-order valence-electron chi connectivity index (χ1n) is 4.98. The van der Waals surface area contributed by atoms with Crippen molar-refractivity contribution in [1.29, 1.82) is 0 Å². The van der Waals surface area contributed by atoms with E-state index in [-0.39, 0.29) is 5.84 Å². The Bertz CT molecular complexity index is 557. The van der Waals surface area contributed by atoms with Gasteiger partial charge >= 0.3 is 0 Å². The predicted octanol–water partition coefficient (Wildman–Crippen LogP) is 2.67.